The van der Waals surface area contributed by atoms with E-state index in [1.165, 1.54) is 0 Å². The molecule has 1 rings (SSSR count). The number of nitriles is 1. The maximum Gasteiger partial charge on any atom is 0.309 e. The zero-order valence-electron chi connectivity index (χ0n) is 11.5. The Hall–Kier alpha value is -2.75. The van der Waals surface area contributed by atoms with E-state index in [1.807, 2.05) is 6.07 Å². The molecule has 1 amide bonds. The molecule has 0 heterocycles. The molecular formula is C14H17N3O4. The summed E-state index contributed by atoms with van der Waals surface area (Å²) in [6.07, 6.45) is 0.244. The lowest BCUT2D eigenvalue weighted by molar-refractivity contribution is -0.149. The van der Waals surface area contributed by atoms with Crippen LogP contribution < -0.4 is 15.8 Å². The predicted molar refractivity (Wildman–Crippen MR) is 75.2 cm³/mol. The molecule has 0 spiro atoms. The van der Waals surface area contributed by atoms with Crippen molar-refractivity contribution in [1.29, 1.82) is 5.26 Å². The molecule has 21 heavy (non-hydrogen) atoms. The summed E-state index contributed by atoms with van der Waals surface area (Å²) < 4.78 is 10.1. The Kier molecular flexibility index (Phi) is 7.14. The first-order valence-electron chi connectivity index (χ1n) is 6.39. The first kappa shape index (κ1) is 16.3. The van der Waals surface area contributed by atoms with Gasteiger partial charge in [0.1, 0.15) is 5.75 Å². The van der Waals surface area contributed by atoms with Crippen LogP contribution in [0, 0.1) is 11.3 Å². The number of nitrogens with zero attached hydrogens (tertiary/aromatic N) is 1. The summed E-state index contributed by atoms with van der Waals surface area (Å²) in [6.45, 7) is 0.0201. The van der Waals surface area contributed by atoms with Crippen molar-refractivity contribution in [3.8, 4) is 11.8 Å². The van der Waals surface area contributed by atoms with Gasteiger partial charge in [0, 0.05) is 18.3 Å². The Morgan fingerprint density at radius 1 is 1.38 bits per heavy atom. The van der Waals surface area contributed by atoms with Crippen molar-refractivity contribution in [2.45, 2.75) is 12.8 Å². The van der Waals surface area contributed by atoms with Crippen molar-refractivity contribution in [3.05, 3.63) is 24.3 Å². The number of hydrogen-bond donors (Lipinski definition) is 2. The number of amides is 1. The third-order valence-corrected chi connectivity index (χ3v) is 2.36. The summed E-state index contributed by atoms with van der Waals surface area (Å²) in [5, 5.41) is 10.7. The van der Waals surface area contributed by atoms with Crippen LogP contribution in [0.3, 0.4) is 0 Å². The molecule has 0 radical (unpaired) electrons. The van der Waals surface area contributed by atoms with Gasteiger partial charge in [0.05, 0.1) is 25.5 Å². The molecule has 0 fully saturated rings. The predicted octanol–water partition coefficient (Wildman–Crippen LogP) is 0.611. The SMILES string of the molecule is N#CCCNC(=O)COC(=O)CCOc1cccc(N)c1. The van der Waals surface area contributed by atoms with Crippen LogP contribution in [0.1, 0.15) is 12.8 Å². The molecule has 3 N–H and O–H groups in total. The van der Waals surface area contributed by atoms with E-state index < -0.39 is 11.9 Å². The van der Waals surface area contributed by atoms with Crippen LogP contribution in [0.4, 0.5) is 5.69 Å². The summed E-state index contributed by atoms with van der Waals surface area (Å²) in [5.74, 6) is -0.401. The first-order chi connectivity index (χ1) is 10.1. The molecule has 0 saturated carbocycles. The van der Waals surface area contributed by atoms with Gasteiger partial charge in [-0.1, -0.05) is 6.07 Å². The van der Waals surface area contributed by atoms with Gasteiger partial charge in [0.2, 0.25) is 0 Å². The highest BCUT2D eigenvalue weighted by Gasteiger charge is 2.07. The molecule has 7 heteroatoms. The fourth-order valence-electron chi connectivity index (χ4n) is 1.38. The molecule has 1 aromatic rings. The Labute approximate surface area is 122 Å². The second-order valence-electron chi connectivity index (χ2n) is 4.09. The van der Waals surface area contributed by atoms with E-state index in [1.54, 1.807) is 24.3 Å². The normalized spacial score (nSPS) is 9.48. The first-order valence-corrected chi connectivity index (χ1v) is 6.39. The van der Waals surface area contributed by atoms with Crippen LogP contribution in [-0.4, -0.2) is 31.6 Å². The van der Waals surface area contributed by atoms with Crippen LogP contribution in [-0.2, 0) is 14.3 Å². The number of nitrogen functional groups attached to an aromatic ring is 1. The van der Waals surface area contributed by atoms with Crippen LogP contribution in [0.25, 0.3) is 0 Å². The zero-order chi connectivity index (χ0) is 15.5. The fraction of sp³-hybridized carbons (Fsp3) is 0.357. The van der Waals surface area contributed by atoms with E-state index in [2.05, 4.69) is 5.32 Å². The quantitative estimate of drug-likeness (QED) is 0.412. The smallest absolute Gasteiger partial charge is 0.309 e. The molecule has 112 valence electrons. The number of esters is 1. The second-order valence-corrected chi connectivity index (χ2v) is 4.09. The number of carbonyl (C=O) groups excluding carboxylic acids is 2. The number of nitrogens with one attached hydrogen (secondary N) is 1. The monoisotopic (exact) mass is 291 g/mol. The Bertz CT molecular complexity index is 525. The van der Waals surface area contributed by atoms with Gasteiger partial charge in [-0.25, -0.2) is 0 Å². The lowest BCUT2D eigenvalue weighted by Crippen LogP contribution is -2.29. The average Bonchev–Trinajstić information content (AvgIpc) is 2.45. The van der Waals surface area contributed by atoms with Crippen LogP contribution in [0.5, 0.6) is 5.75 Å². The van der Waals surface area contributed by atoms with Crippen molar-refractivity contribution < 1.29 is 19.1 Å². The largest absolute Gasteiger partial charge is 0.493 e. The number of rotatable bonds is 8. The van der Waals surface area contributed by atoms with Gasteiger partial charge < -0.3 is 20.5 Å². The lowest BCUT2D eigenvalue weighted by Gasteiger charge is -2.07. The Balaban J connectivity index is 2.14. The van der Waals surface area contributed by atoms with Crippen molar-refractivity contribution in [1.82, 2.24) is 5.32 Å². The summed E-state index contributed by atoms with van der Waals surface area (Å²) in [6, 6.07) is 8.73. The molecule has 0 aliphatic carbocycles. The maximum atomic E-state index is 11.4. The van der Waals surface area contributed by atoms with Gasteiger partial charge >= 0.3 is 5.97 Å². The minimum Gasteiger partial charge on any atom is -0.493 e. The van der Waals surface area contributed by atoms with E-state index in [0.29, 0.717) is 11.4 Å². The third-order valence-electron chi connectivity index (χ3n) is 2.36. The molecule has 0 aromatic heterocycles. The second kappa shape index (κ2) is 9.20. The van der Waals surface area contributed by atoms with E-state index in [9.17, 15) is 9.59 Å². The van der Waals surface area contributed by atoms with E-state index in [-0.39, 0.29) is 32.6 Å². The topological polar surface area (TPSA) is 114 Å². The van der Waals surface area contributed by atoms with Crippen molar-refractivity contribution >= 4 is 17.6 Å². The van der Waals surface area contributed by atoms with Gasteiger partial charge in [-0.2, -0.15) is 5.26 Å². The molecule has 0 aliphatic heterocycles. The highest BCUT2D eigenvalue weighted by atomic mass is 16.5. The minimum absolute atomic E-state index is 0.0281. The van der Waals surface area contributed by atoms with Crippen molar-refractivity contribution in [2.75, 3.05) is 25.5 Å². The van der Waals surface area contributed by atoms with Crippen LogP contribution in [0.15, 0.2) is 24.3 Å². The zero-order valence-corrected chi connectivity index (χ0v) is 11.5. The van der Waals surface area contributed by atoms with Gasteiger partial charge in [0.15, 0.2) is 6.61 Å². The van der Waals surface area contributed by atoms with Crippen LogP contribution in [0.2, 0.25) is 0 Å². The third kappa shape index (κ3) is 7.42. The summed E-state index contributed by atoms with van der Waals surface area (Å²) in [7, 11) is 0. The lowest BCUT2D eigenvalue weighted by atomic mass is 10.3. The molecule has 0 aliphatic rings. The van der Waals surface area contributed by atoms with Gasteiger partial charge in [-0.05, 0) is 12.1 Å². The number of anilines is 1. The molecule has 0 unspecified atom stereocenters. The van der Waals surface area contributed by atoms with Gasteiger partial charge in [-0.15, -0.1) is 0 Å². The number of hydrogen-bond acceptors (Lipinski definition) is 6. The van der Waals surface area contributed by atoms with E-state index >= 15 is 0 Å². The summed E-state index contributed by atoms with van der Waals surface area (Å²) in [4.78, 5) is 22.6. The van der Waals surface area contributed by atoms with Crippen molar-refractivity contribution in [3.63, 3.8) is 0 Å². The molecule has 0 bridgehead atoms. The summed E-state index contributed by atoms with van der Waals surface area (Å²) >= 11 is 0. The summed E-state index contributed by atoms with van der Waals surface area (Å²) in [5.41, 5.74) is 6.16. The molecular weight excluding hydrogens is 274 g/mol. The Morgan fingerprint density at radius 3 is 2.90 bits per heavy atom. The molecule has 0 atom stereocenters. The number of ether oxygens (including phenoxy) is 2. The molecule has 1 aromatic carbocycles. The number of benzene rings is 1. The Morgan fingerprint density at radius 2 is 2.19 bits per heavy atom. The fourth-order valence-corrected chi connectivity index (χ4v) is 1.38. The van der Waals surface area contributed by atoms with Crippen LogP contribution >= 0.6 is 0 Å². The standard InChI is InChI=1S/C14H17N3O4/c15-6-2-7-17-13(18)10-21-14(19)5-8-20-12-4-1-3-11(16)9-12/h1,3-4,9H,2,5,7-8,10,16H2,(H,17,18). The minimum atomic E-state index is -0.533. The molecule has 7 nitrogen and oxygen atoms in total. The number of nitrogens with two attached hydrogens (primary N) is 1. The van der Waals surface area contributed by atoms with Gasteiger partial charge in [-0.3, -0.25) is 9.59 Å². The van der Waals surface area contributed by atoms with Gasteiger partial charge in [0.25, 0.3) is 5.91 Å². The number of carbonyl (C=O) groups is 2. The maximum absolute atomic E-state index is 11.4. The van der Waals surface area contributed by atoms with E-state index in [4.69, 9.17) is 20.5 Å². The van der Waals surface area contributed by atoms with Crippen molar-refractivity contribution in [2.24, 2.45) is 0 Å². The highest BCUT2D eigenvalue weighted by molar-refractivity contribution is 5.80. The molecule has 0 saturated heterocycles. The highest BCUT2D eigenvalue weighted by Crippen LogP contribution is 2.14. The van der Waals surface area contributed by atoms with E-state index in [0.717, 1.165) is 0 Å². The average molecular weight is 291 g/mol.